The molecule has 150 valence electrons. The maximum Gasteiger partial charge on any atom is 0.247 e. The molecule has 2 amide bonds. The van der Waals surface area contributed by atoms with E-state index in [0.717, 1.165) is 18.5 Å². The Balaban J connectivity index is 1.54. The third kappa shape index (κ3) is 5.42. The number of halogens is 1. The molecule has 0 bridgehead atoms. The van der Waals surface area contributed by atoms with Crippen molar-refractivity contribution in [2.45, 2.75) is 32.2 Å². The summed E-state index contributed by atoms with van der Waals surface area (Å²) < 4.78 is 13.1. The lowest BCUT2D eigenvalue weighted by molar-refractivity contribution is -0.904. The molecule has 3 rings (SSSR count). The van der Waals surface area contributed by atoms with E-state index in [-0.39, 0.29) is 17.5 Å². The van der Waals surface area contributed by atoms with E-state index in [2.05, 4.69) is 10.3 Å². The number of amides is 2. The molecule has 8 heteroatoms. The third-order valence-corrected chi connectivity index (χ3v) is 5.50. The van der Waals surface area contributed by atoms with Crippen molar-refractivity contribution in [3.05, 3.63) is 35.6 Å². The second-order valence-corrected chi connectivity index (χ2v) is 7.68. The van der Waals surface area contributed by atoms with Crippen LogP contribution in [0.4, 0.5) is 4.39 Å². The highest BCUT2D eigenvalue weighted by Crippen LogP contribution is 2.14. The van der Waals surface area contributed by atoms with Crippen LogP contribution in [0.15, 0.2) is 29.3 Å². The van der Waals surface area contributed by atoms with Crippen molar-refractivity contribution in [1.29, 1.82) is 0 Å². The van der Waals surface area contributed by atoms with E-state index in [0.29, 0.717) is 6.54 Å². The van der Waals surface area contributed by atoms with Gasteiger partial charge in [-0.2, -0.15) is 0 Å². The molecular formula is C20H26FN4O2S+. The van der Waals surface area contributed by atoms with E-state index in [1.807, 2.05) is 0 Å². The molecule has 0 aromatic heterocycles. The van der Waals surface area contributed by atoms with Crippen LogP contribution in [-0.4, -0.2) is 54.2 Å². The largest absolute Gasteiger partial charge is 0.335 e. The molecule has 0 radical (unpaired) electrons. The van der Waals surface area contributed by atoms with Gasteiger partial charge in [0.25, 0.3) is 0 Å². The van der Waals surface area contributed by atoms with Crippen molar-refractivity contribution in [2.75, 3.05) is 26.2 Å². The number of hydrogen-bond acceptors (Lipinski definition) is 4. The summed E-state index contributed by atoms with van der Waals surface area (Å²) in [6, 6.07) is 5.84. The topological polar surface area (TPSA) is 66.2 Å². The van der Waals surface area contributed by atoms with Crippen molar-refractivity contribution in [3.63, 3.8) is 0 Å². The van der Waals surface area contributed by atoms with E-state index < -0.39 is 17.7 Å². The molecule has 1 aromatic rings. The predicted octanol–water partition coefficient (Wildman–Crippen LogP) is 0.715. The Labute approximate surface area is 169 Å². The first-order chi connectivity index (χ1) is 13.5. The van der Waals surface area contributed by atoms with Gasteiger partial charge in [-0.15, -0.1) is 0 Å². The quantitative estimate of drug-likeness (QED) is 0.304. The van der Waals surface area contributed by atoms with Crippen molar-refractivity contribution in [3.8, 4) is 0 Å². The first-order valence-corrected chi connectivity index (χ1v) is 10.2. The van der Waals surface area contributed by atoms with Gasteiger partial charge in [-0.3, -0.25) is 19.5 Å². The van der Waals surface area contributed by atoms with Gasteiger partial charge < -0.3 is 10.2 Å². The number of benzene rings is 1. The molecule has 0 spiro atoms. The Bertz CT molecular complexity index is 747. The summed E-state index contributed by atoms with van der Waals surface area (Å²) in [6.45, 7) is 4.30. The first kappa shape index (κ1) is 20.5. The zero-order chi connectivity index (χ0) is 19.9. The van der Waals surface area contributed by atoms with Crippen LogP contribution in [0.25, 0.3) is 0 Å². The molecule has 1 atom stereocenters. The van der Waals surface area contributed by atoms with Crippen LogP contribution >= 0.6 is 12.2 Å². The lowest BCUT2D eigenvalue weighted by atomic mass is 10.1. The standard InChI is InChI=1S/C20H25FN4O2S/c21-16-7-5-15(6-8-16)14-25-19(27)17(18(26)23-20(25)28)13-22-9-4-12-24-10-2-1-3-11-24/h5-8,13,17H,1-4,9-12,14H2,(H,23,26,28)/p+1/t17-/m1/s1. The van der Waals surface area contributed by atoms with Gasteiger partial charge in [-0.25, -0.2) is 4.39 Å². The van der Waals surface area contributed by atoms with Gasteiger partial charge in [-0.1, -0.05) is 12.1 Å². The number of likely N-dealkylation sites (tertiary alicyclic amines) is 1. The highest BCUT2D eigenvalue weighted by Gasteiger charge is 2.37. The maximum atomic E-state index is 13.1. The summed E-state index contributed by atoms with van der Waals surface area (Å²) in [5.41, 5.74) is 0.730. The number of thiocarbonyl (C=S) groups is 1. The number of carbonyl (C=O) groups is 2. The molecule has 1 aromatic carbocycles. The van der Waals surface area contributed by atoms with Crippen LogP contribution in [0.1, 0.15) is 31.2 Å². The number of quaternary nitrogens is 1. The SMILES string of the molecule is O=C1NC(=S)N(Cc2ccc(F)cc2)C(=O)[C@@H]1C=NCCC[NH+]1CCCCC1. The van der Waals surface area contributed by atoms with E-state index in [1.54, 1.807) is 17.0 Å². The smallest absolute Gasteiger partial charge is 0.247 e. The minimum absolute atomic E-state index is 0.0673. The summed E-state index contributed by atoms with van der Waals surface area (Å²) in [4.78, 5) is 32.2. The Morgan fingerprint density at radius 1 is 1.21 bits per heavy atom. The fraction of sp³-hybridized carbons (Fsp3) is 0.500. The zero-order valence-electron chi connectivity index (χ0n) is 15.8. The molecule has 2 heterocycles. The summed E-state index contributed by atoms with van der Waals surface area (Å²) in [6.07, 6.45) is 6.28. The Kier molecular flexibility index (Phi) is 7.22. The molecule has 2 aliphatic heterocycles. The van der Waals surface area contributed by atoms with Crippen molar-refractivity contribution in [2.24, 2.45) is 10.9 Å². The highest BCUT2D eigenvalue weighted by atomic mass is 32.1. The van der Waals surface area contributed by atoms with Crippen molar-refractivity contribution in [1.82, 2.24) is 10.2 Å². The third-order valence-electron chi connectivity index (χ3n) is 5.18. The van der Waals surface area contributed by atoms with E-state index in [4.69, 9.17) is 12.2 Å². The molecule has 6 nitrogen and oxygen atoms in total. The molecule has 0 unspecified atom stereocenters. The molecule has 28 heavy (non-hydrogen) atoms. The Hall–Kier alpha value is -2.19. The van der Waals surface area contributed by atoms with Crippen molar-refractivity contribution < 1.29 is 18.9 Å². The van der Waals surface area contributed by atoms with Crippen LogP contribution in [-0.2, 0) is 16.1 Å². The van der Waals surface area contributed by atoms with Gasteiger partial charge in [0.15, 0.2) is 11.0 Å². The number of nitrogens with zero attached hydrogens (tertiary/aromatic N) is 2. The van der Waals surface area contributed by atoms with Crippen LogP contribution in [0.3, 0.4) is 0 Å². The van der Waals surface area contributed by atoms with Crippen LogP contribution in [0, 0.1) is 11.7 Å². The maximum absolute atomic E-state index is 13.1. The lowest BCUT2D eigenvalue weighted by Gasteiger charge is -2.31. The van der Waals surface area contributed by atoms with Gasteiger partial charge in [0.2, 0.25) is 11.8 Å². The molecule has 2 aliphatic rings. The van der Waals surface area contributed by atoms with Crippen LogP contribution in [0.5, 0.6) is 0 Å². The number of hydrogen-bond donors (Lipinski definition) is 2. The summed E-state index contributed by atoms with van der Waals surface area (Å²) in [5, 5.41) is 2.63. The predicted molar refractivity (Wildman–Crippen MR) is 109 cm³/mol. The first-order valence-electron chi connectivity index (χ1n) is 9.79. The molecule has 2 saturated heterocycles. The number of aliphatic imine (C=N–C) groups is 1. The summed E-state index contributed by atoms with van der Waals surface area (Å²) in [7, 11) is 0. The van der Waals surface area contributed by atoms with Crippen LogP contribution < -0.4 is 10.2 Å². The second kappa shape index (κ2) is 9.84. The molecular weight excluding hydrogens is 379 g/mol. The minimum Gasteiger partial charge on any atom is -0.335 e. The summed E-state index contributed by atoms with van der Waals surface area (Å²) in [5.74, 6) is -2.17. The minimum atomic E-state index is -0.977. The van der Waals surface area contributed by atoms with Gasteiger partial charge >= 0.3 is 0 Å². The second-order valence-electron chi connectivity index (χ2n) is 7.29. The van der Waals surface area contributed by atoms with Gasteiger partial charge in [0, 0.05) is 19.2 Å². The lowest BCUT2D eigenvalue weighted by Crippen LogP contribution is -3.12. The Morgan fingerprint density at radius 2 is 1.93 bits per heavy atom. The average molecular weight is 406 g/mol. The fourth-order valence-electron chi connectivity index (χ4n) is 3.59. The number of piperidine rings is 1. The number of nitrogens with one attached hydrogen (secondary N) is 2. The van der Waals surface area contributed by atoms with E-state index >= 15 is 0 Å². The van der Waals surface area contributed by atoms with Crippen molar-refractivity contribution >= 4 is 35.4 Å². The van der Waals surface area contributed by atoms with E-state index in [9.17, 15) is 14.0 Å². The number of rotatable bonds is 7. The summed E-state index contributed by atoms with van der Waals surface area (Å²) >= 11 is 5.14. The molecule has 2 fully saturated rings. The highest BCUT2D eigenvalue weighted by molar-refractivity contribution is 7.80. The number of carbonyl (C=O) groups excluding carboxylic acids is 2. The Morgan fingerprint density at radius 3 is 2.64 bits per heavy atom. The monoisotopic (exact) mass is 405 g/mol. The molecule has 2 N–H and O–H groups in total. The zero-order valence-corrected chi connectivity index (χ0v) is 16.6. The van der Waals surface area contributed by atoms with Gasteiger partial charge in [-0.05, 0) is 49.2 Å². The fourth-order valence-corrected chi connectivity index (χ4v) is 3.84. The van der Waals surface area contributed by atoms with E-state index in [1.165, 1.54) is 55.6 Å². The van der Waals surface area contributed by atoms with Crippen LogP contribution in [0.2, 0.25) is 0 Å². The van der Waals surface area contributed by atoms with Gasteiger partial charge in [0.1, 0.15) is 5.82 Å². The van der Waals surface area contributed by atoms with Gasteiger partial charge in [0.05, 0.1) is 26.2 Å². The average Bonchev–Trinajstić information content (AvgIpc) is 2.69. The normalized spacial score (nSPS) is 21.4. The molecule has 0 saturated carbocycles. The molecule has 0 aliphatic carbocycles.